The van der Waals surface area contributed by atoms with Crippen LogP contribution in [0.5, 0.6) is 0 Å². The summed E-state index contributed by atoms with van der Waals surface area (Å²) in [5.74, 6) is 0. The van der Waals surface area contributed by atoms with Gasteiger partial charge in [-0.25, -0.2) is 9.78 Å². The molecule has 0 atom stereocenters. The molecule has 0 aliphatic rings. The van der Waals surface area contributed by atoms with E-state index in [1.165, 1.54) is 18.7 Å². The normalized spacial score (nSPS) is 10.0. The molecule has 0 aromatic carbocycles. The predicted octanol–water partition coefficient (Wildman–Crippen LogP) is 0.425. The molecular weight excluding hydrogens is 158 g/mol. The summed E-state index contributed by atoms with van der Waals surface area (Å²) in [7, 11) is 0. The fraction of sp³-hybridized carbons (Fsp3) is 0. The van der Waals surface area contributed by atoms with Crippen molar-refractivity contribution in [3.63, 3.8) is 0 Å². The minimum atomic E-state index is -0.381. The fourth-order valence-corrected chi connectivity index (χ4v) is 0.875. The Balaban J connectivity index is 2.55. The van der Waals surface area contributed by atoms with Gasteiger partial charge in [-0.05, 0) is 6.07 Å². The Morgan fingerprint density at radius 1 is 1.50 bits per heavy atom. The second-order valence-corrected chi connectivity index (χ2v) is 2.20. The molecule has 0 aliphatic heterocycles. The van der Waals surface area contributed by atoms with Gasteiger partial charge in [0.05, 0.1) is 17.5 Å². The molecule has 0 bridgehead atoms. The molecule has 0 saturated heterocycles. The van der Waals surface area contributed by atoms with Crippen LogP contribution in [0.2, 0.25) is 0 Å². The Kier molecular flexibility index (Phi) is 1.48. The first-order valence-electron chi connectivity index (χ1n) is 3.31. The molecule has 0 fully saturated rings. The highest BCUT2D eigenvalue weighted by Crippen LogP contribution is 2.12. The summed E-state index contributed by atoms with van der Waals surface area (Å²) in [5, 5.41) is 3.51. The van der Waals surface area contributed by atoms with Crippen LogP contribution in [-0.4, -0.2) is 15.1 Å². The lowest BCUT2D eigenvalue weighted by molar-refractivity contribution is 0.420. The van der Waals surface area contributed by atoms with E-state index in [4.69, 9.17) is 0 Å². The molecule has 2 heterocycles. The van der Waals surface area contributed by atoms with E-state index in [1.54, 1.807) is 6.07 Å². The summed E-state index contributed by atoms with van der Waals surface area (Å²) in [4.78, 5) is 16.8. The lowest BCUT2D eigenvalue weighted by Crippen LogP contribution is -2.08. The lowest BCUT2D eigenvalue weighted by Gasteiger charge is -1.91. The van der Waals surface area contributed by atoms with Gasteiger partial charge < -0.3 is 9.51 Å². The second kappa shape index (κ2) is 2.61. The van der Waals surface area contributed by atoms with Gasteiger partial charge in [0.25, 0.3) is 0 Å². The van der Waals surface area contributed by atoms with Crippen molar-refractivity contribution in [1.82, 2.24) is 15.1 Å². The molecule has 60 valence electrons. The fourth-order valence-electron chi connectivity index (χ4n) is 0.875. The first-order valence-corrected chi connectivity index (χ1v) is 3.31. The van der Waals surface area contributed by atoms with E-state index >= 15 is 0 Å². The van der Waals surface area contributed by atoms with E-state index in [-0.39, 0.29) is 5.69 Å². The van der Waals surface area contributed by atoms with Gasteiger partial charge >= 0.3 is 5.69 Å². The van der Waals surface area contributed by atoms with Crippen LogP contribution >= 0.6 is 0 Å². The molecule has 0 radical (unpaired) electrons. The number of aromatic nitrogens is 3. The Bertz CT molecular complexity index is 418. The van der Waals surface area contributed by atoms with Gasteiger partial charge in [0, 0.05) is 6.20 Å². The van der Waals surface area contributed by atoms with Gasteiger partial charge in [0.15, 0.2) is 0 Å². The van der Waals surface area contributed by atoms with Crippen molar-refractivity contribution in [2.75, 3.05) is 0 Å². The van der Waals surface area contributed by atoms with Crippen molar-refractivity contribution in [1.29, 1.82) is 0 Å². The van der Waals surface area contributed by atoms with E-state index in [9.17, 15) is 4.79 Å². The van der Waals surface area contributed by atoms with Gasteiger partial charge in [-0.15, -0.1) is 0 Å². The standard InChI is InChI=1S/C7H5N3O2/c11-7-8-2-1-6(10-7)5-3-9-12-4-5/h1-4H,(H,8,10,11). The van der Waals surface area contributed by atoms with Crippen LogP contribution in [0.1, 0.15) is 0 Å². The SMILES string of the molecule is O=c1nccc(-c2cnoc2)[nH]1. The minimum Gasteiger partial charge on any atom is -0.364 e. The Morgan fingerprint density at radius 2 is 2.42 bits per heavy atom. The molecule has 2 aromatic heterocycles. The van der Waals surface area contributed by atoms with E-state index in [0.717, 1.165) is 5.56 Å². The molecule has 5 heteroatoms. The third kappa shape index (κ3) is 1.12. The lowest BCUT2D eigenvalue weighted by atomic mass is 10.2. The Labute approximate surface area is 67.1 Å². The van der Waals surface area contributed by atoms with E-state index in [1.807, 2.05) is 0 Å². The number of hydrogen-bond acceptors (Lipinski definition) is 4. The van der Waals surface area contributed by atoms with E-state index < -0.39 is 0 Å². The van der Waals surface area contributed by atoms with Crippen LogP contribution < -0.4 is 5.69 Å². The average Bonchev–Trinajstić information content (AvgIpc) is 2.56. The van der Waals surface area contributed by atoms with Crippen molar-refractivity contribution < 1.29 is 4.52 Å². The molecule has 0 saturated carbocycles. The van der Waals surface area contributed by atoms with Crippen molar-refractivity contribution in [3.8, 4) is 11.3 Å². The Morgan fingerprint density at radius 3 is 3.08 bits per heavy atom. The molecule has 0 aliphatic carbocycles. The van der Waals surface area contributed by atoms with Crippen LogP contribution in [0.15, 0.2) is 34.0 Å². The van der Waals surface area contributed by atoms with Gasteiger partial charge in [0.1, 0.15) is 6.26 Å². The monoisotopic (exact) mass is 163 g/mol. The maximum atomic E-state index is 10.8. The minimum absolute atomic E-state index is 0.381. The third-order valence-electron chi connectivity index (χ3n) is 1.42. The maximum Gasteiger partial charge on any atom is 0.345 e. The van der Waals surface area contributed by atoms with E-state index in [2.05, 4.69) is 19.6 Å². The Hall–Kier alpha value is -1.91. The summed E-state index contributed by atoms with van der Waals surface area (Å²) in [6.07, 6.45) is 4.40. The zero-order valence-corrected chi connectivity index (χ0v) is 6.02. The van der Waals surface area contributed by atoms with Gasteiger partial charge in [-0.3, -0.25) is 0 Å². The first-order chi connectivity index (χ1) is 5.86. The van der Waals surface area contributed by atoms with Crippen LogP contribution in [-0.2, 0) is 0 Å². The van der Waals surface area contributed by atoms with Crippen LogP contribution in [0.4, 0.5) is 0 Å². The molecule has 2 rings (SSSR count). The molecular formula is C7H5N3O2. The highest BCUT2D eigenvalue weighted by molar-refractivity contribution is 5.54. The quantitative estimate of drug-likeness (QED) is 0.661. The summed E-state index contributed by atoms with van der Waals surface area (Å²) in [6.45, 7) is 0. The third-order valence-corrected chi connectivity index (χ3v) is 1.42. The molecule has 12 heavy (non-hydrogen) atoms. The summed E-state index contributed by atoms with van der Waals surface area (Å²) < 4.78 is 4.62. The zero-order chi connectivity index (χ0) is 8.39. The zero-order valence-electron chi connectivity index (χ0n) is 6.02. The second-order valence-electron chi connectivity index (χ2n) is 2.20. The summed E-state index contributed by atoms with van der Waals surface area (Å²) >= 11 is 0. The number of rotatable bonds is 1. The largest absolute Gasteiger partial charge is 0.364 e. The first kappa shape index (κ1) is 6.78. The molecule has 0 amide bonds. The van der Waals surface area contributed by atoms with Crippen molar-refractivity contribution in [3.05, 3.63) is 35.2 Å². The molecule has 5 nitrogen and oxygen atoms in total. The molecule has 0 unspecified atom stereocenters. The highest BCUT2D eigenvalue weighted by Gasteiger charge is 1.99. The highest BCUT2D eigenvalue weighted by atomic mass is 16.5. The van der Waals surface area contributed by atoms with Crippen LogP contribution in [0.25, 0.3) is 11.3 Å². The topological polar surface area (TPSA) is 71.8 Å². The molecule has 1 N–H and O–H groups in total. The molecule has 0 spiro atoms. The number of aromatic amines is 1. The van der Waals surface area contributed by atoms with Gasteiger partial charge in [0.2, 0.25) is 0 Å². The predicted molar refractivity (Wildman–Crippen MR) is 40.4 cm³/mol. The van der Waals surface area contributed by atoms with Crippen molar-refractivity contribution in [2.45, 2.75) is 0 Å². The van der Waals surface area contributed by atoms with Gasteiger partial charge in [-0.1, -0.05) is 5.16 Å². The van der Waals surface area contributed by atoms with E-state index in [0.29, 0.717) is 5.69 Å². The summed E-state index contributed by atoms with van der Waals surface area (Å²) in [6, 6.07) is 1.67. The average molecular weight is 163 g/mol. The smallest absolute Gasteiger partial charge is 0.345 e. The summed E-state index contributed by atoms with van der Waals surface area (Å²) in [5.41, 5.74) is 0.999. The maximum absolute atomic E-state index is 10.8. The number of H-pyrrole nitrogens is 1. The van der Waals surface area contributed by atoms with Crippen molar-refractivity contribution in [2.24, 2.45) is 0 Å². The van der Waals surface area contributed by atoms with Crippen LogP contribution in [0, 0.1) is 0 Å². The number of nitrogens with zero attached hydrogens (tertiary/aromatic N) is 2. The number of nitrogens with one attached hydrogen (secondary N) is 1. The van der Waals surface area contributed by atoms with Crippen LogP contribution in [0.3, 0.4) is 0 Å². The molecule has 2 aromatic rings. The van der Waals surface area contributed by atoms with Gasteiger partial charge in [-0.2, -0.15) is 0 Å². The number of hydrogen-bond donors (Lipinski definition) is 1. The van der Waals surface area contributed by atoms with Crippen molar-refractivity contribution >= 4 is 0 Å².